The van der Waals surface area contributed by atoms with E-state index in [2.05, 4.69) is 24.1 Å². The largest absolute Gasteiger partial charge is 0.390 e. The van der Waals surface area contributed by atoms with E-state index in [1.807, 2.05) is 13.0 Å². The van der Waals surface area contributed by atoms with E-state index in [-0.39, 0.29) is 5.82 Å². The molecule has 3 nitrogen and oxygen atoms in total. The van der Waals surface area contributed by atoms with Gasteiger partial charge in [0.15, 0.2) is 0 Å². The van der Waals surface area contributed by atoms with Gasteiger partial charge in [-0.3, -0.25) is 0 Å². The van der Waals surface area contributed by atoms with E-state index in [9.17, 15) is 9.50 Å². The van der Waals surface area contributed by atoms with Crippen molar-refractivity contribution in [3.63, 3.8) is 0 Å². The van der Waals surface area contributed by atoms with Gasteiger partial charge < -0.3 is 15.3 Å². The van der Waals surface area contributed by atoms with Crippen LogP contribution in [-0.4, -0.2) is 29.8 Å². The van der Waals surface area contributed by atoms with Crippen molar-refractivity contribution in [2.24, 2.45) is 0 Å². The highest BCUT2D eigenvalue weighted by Crippen LogP contribution is 2.29. The maximum atomic E-state index is 14.2. The first-order valence-electron chi connectivity index (χ1n) is 7.87. The van der Waals surface area contributed by atoms with Crippen molar-refractivity contribution in [1.29, 1.82) is 0 Å². The molecule has 0 bridgehead atoms. The molecule has 2 rings (SSSR count). The van der Waals surface area contributed by atoms with Crippen LogP contribution in [0, 0.1) is 5.82 Å². The van der Waals surface area contributed by atoms with Crippen molar-refractivity contribution in [3.05, 3.63) is 29.6 Å². The number of nitrogens with zero attached hydrogens (tertiary/aromatic N) is 1. The fourth-order valence-corrected chi connectivity index (χ4v) is 2.83. The van der Waals surface area contributed by atoms with Crippen LogP contribution in [0.25, 0.3) is 0 Å². The van der Waals surface area contributed by atoms with Crippen LogP contribution in [0.15, 0.2) is 18.2 Å². The molecule has 1 heterocycles. The van der Waals surface area contributed by atoms with Crippen molar-refractivity contribution in [2.75, 3.05) is 18.0 Å². The van der Waals surface area contributed by atoms with Crippen molar-refractivity contribution < 1.29 is 9.50 Å². The predicted molar refractivity (Wildman–Crippen MR) is 85.1 cm³/mol. The van der Waals surface area contributed by atoms with Crippen LogP contribution in [0.4, 0.5) is 10.1 Å². The third-order valence-electron chi connectivity index (χ3n) is 4.19. The number of hydrogen-bond donors (Lipinski definition) is 2. The molecule has 1 atom stereocenters. The van der Waals surface area contributed by atoms with Crippen LogP contribution in [0.2, 0.25) is 0 Å². The summed E-state index contributed by atoms with van der Waals surface area (Å²) in [7, 11) is 0. The van der Waals surface area contributed by atoms with Gasteiger partial charge in [-0.25, -0.2) is 4.39 Å². The maximum absolute atomic E-state index is 14.2. The number of benzene rings is 1. The Morgan fingerprint density at radius 1 is 1.33 bits per heavy atom. The number of nitrogens with one attached hydrogen (secondary N) is 1. The van der Waals surface area contributed by atoms with Crippen molar-refractivity contribution in [2.45, 2.75) is 58.2 Å². The Balaban J connectivity index is 2.20. The molecule has 1 saturated heterocycles. The van der Waals surface area contributed by atoms with Crippen LogP contribution in [-0.2, 0) is 6.54 Å². The third kappa shape index (κ3) is 4.42. The molecule has 1 aliphatic rings. The van der Waals surface area contributed by atoms with Crippen LogP contribution in [0.1, 0.15) is 45.6 Å². The first-order chi connectivity index (χ1) is 9.89. The van der Waals surface area contributed by atoms with Gasteiger partial charge >= 0.3 is 0 Å². The molecule has 1 aromatic rings. The van der Waals surface area contributed by atoms with Gasteiger partial charge in [0.05, 0.1) is 5.60 Å². The van der Waals surface area contributed by atoms with Crippen LogP contribution >= 0.6 is 0 Å². The fraction of sp³-hybridized carbons (Fsp3) is 0.647. The molecular formula is C17H27FN2O. The summed E-state index contributed by atoms with van der Waals surface area (Å²) in [6.07, 6.45) is 2.46. The summed E-state index contributed by atoms with van der Waals surface area (Å²) in [6, 6.07) is 5.60. The highest BCUT2D eigenvalue weighted by Gasteiger charge is 2.26. The Hall–Kier alpha value is -1.13. The Kier molecular flexibility index (Phi) is 5.22. The first kappa shape index (κ1) is 16.2. The molecule has 1 unspecified atom stereocenters. The number of anilines is 1. The SMILES string of the molecule is CC(C)NCc1c(F)cccc1N1CCCC(C)(O)CC1. The molecule has 1 aliphatic heterocycles. The van der Waals surface area contributed by atoms with E-state index in [4.69, 9.17) is 0 Å². The summed E-state index contributed by atoms with van der Waals surface area (Å²) in [4.78, 5) is 2.21. The minimum atomic E-state index is -0.599. The summed E-state index contributed by atoms with van der Waals surface area (Å²) >= 11 is 0. The van der Waals surface area contributed by atoms with E-state index >= 15 is 0 Å². The van der Waals surface area contributed by atoms with Crippen LogP contribution < -0.4 is 10.2 Å². The molecule has 0 spiro atoms. The molecule has 1 fully saturated rings. The van der Waals surface area contributed by atoms with Gasteiger partial charge in [0.25, 0.3) is 0 Å². The molecule has 21 heavy (non-hydrogen) atoms. The van der Waals surface area contributed by atoms with E-state index in [1.54, 1.807) is 6.07 Å². The number of rotatable bonds is 4. The first-order valence-corrected chi connectivity index (χ1v) is 7.87. The quantitative estimate of drug-likeness (QED) is 0.896. The lowest BCUT2D eigenvalue weighted by Gasteiger charge is -2.27. The predicted octanol–water partition coefficient (Wildman–Crippen LogP) is 3.07. The van der Waals surface area contributed by atoms with E-state index in [0.717, 1.165) is 43.6 Å². The lowest BCUT2D eigenvalue weighted by Crippen LogP contribution is -2.30. The second-order valence-electron chi connectivity index (χ2n) is 6.61. The Labute approximate surface area is 127 Å². The number of aliphatic hydroxyl groups is 1. The molecule has 0 radical (unpaired) electrons. The number of halogens is 1. The lowest BCUT2D eigenvalue weighted by molar-refractivity contribution is 0.0481. The van der Waals surface area contributed by atoms with Gasteiger partial charge in [-0.2, -0.15) is 0 Å². The molecule has 0 aliphatic carbocycles. The summed E-state index contributed by atoms with van der Waals surface area (Å²) in [5, 5.41) is 13.5. The molecule has 0 amide bonds. The zero-order chi connectivity index (χ0) is 15.5. The minimum absolute atomic E-state index is 0.156. The van der Waals surface area contributed by atoms with Crippen LogP contribution in [0.5, 0.6) is 0 Å². The maximum Gasteiger partial charge on any atom is 0.129 e. The minimum Gasteiger partial charge on any atom is -0.390 e. The van der Waals surface area contributed by atoms with Gasteiger partial charge in [-0.05, 0) is 38.3 Å². The molecule has 4 heteroatoms. The van der Waals surface area contributed by atoms with Crippen molar-refractivity contribution >= 4 is 5.69 Å². The average molecular weight is 294 g/mol. The Morgan fingerprint density at radius 3 is 2.81 bits per heavy atom. The molecule has 2 N–H and O–H groups in total. The molecule has 0 aromatic heterocycles. The van der Waals surface area contributed by atoms with E-state index in [1.165, 1.54) is 6.07 Å². The van der Waals surface area contributed by atoms with Crippen molar-refractivity contribution in [1.82, 2.24) is 5.32 Å². The summed E-state index contributed by atoms with van der Waals surface area (Å²) in [6.45, 7) is 8.18. The Morgan fingerprint density at radius 2 is 2.10 bits per heavy atom. The van der Waals surface area contributed by atoms with Crippen LogP contribution in [0.3, 0.4) is 0 Å². The Bertz CT molecular complexity index is 474. The van der Waals surface area contributed by atoms with E-state index in [0.29, 0.717) is 12.6 Å². The highest BCUT2D eigenvalue weighted by molar-refractivity contribution is 5.54. The smallest absolute Gasteiger partial charge is 0.129 e. The standard InChI is InChI=1S/C17H27FN2O/c1-13(2)19-12-14-15(18)6-4-7-16(14)20-10-5-8-17(3,21)9-11-20/h4,6-7,13,19,21H,5,8-12H2,1-3H3. The zero-order valence-corrected chi connectivity index (χ0v) is 13.3. The van der Waals surface area contributed by atoms with Gasteiger partial charge in [0.2, 0.25) is 0 Å². The van der Waals surface area contributed by atoms with Gasteiger partial charge in [0.1, 0.15) is 5.82 Å². The lowest BCUT2D eigenvalue weighted by atomic mass is 9.98. The number of hydrogen-bond acceptors (Lipinski definition) is 3. The summed E-state index contributed by atoms with van der Waals surface area (Å²) < 4.78 is 14.2. The highest BCUT2D eigenvalue weighted by atomic mass is 19.1. The third-order valence-corrected chi connectivity index (χ3v) is 4.19. The molecule has 1 aromatic carbocycles. The molecule has 118 valence electrons. The average Bonchev–Trinajstić information content (AvgIpc) is 2.58. The van der Waals surface area contributed by atoms with Gasteiger partial charge in [-0.1, -0.05) is 19.9 Å². The van der Waals surface area contributed by atoms with Gasteiger partial charge in [-0.15, -0.1) is 0 Å². The second kappa shape index (κ2) is 6.75. The molecular weight excluding hydrogens is 267 g/mol. The zero-order valence-electron chi connectivity index (χ0n) is 13.3. The normalized spacial score (nSPS) is 23.4. The van der Waals surface area contributed by atoms with Gasteiger partial charge in [0, 0.05) is 36.9 Å². The topological polar surface area (TPSA) is 35.5 Å². The summed E-state index contributed by atoms with van der Waals surface area (Å²) in [5.74, 6) is -0.156. The second-order valence-corrected chi connectivity index (χ2v) is 6.61. The fourth-order valence-electron chi connectivity index (χ4n) is 2.83. The monoisotopic (exact) mass is 294 g/mol. The van der Waals surface area contributed by atoms with Crippen molar-refractivity contribution in [3.8, 4) is 0 Å². The van der Waals surface area contributed by atoms with E-state index < -0.39 is 5.60 Å². The molecule has 0 saturated carbocycles. The summed E-state index contributed by atoms with van der Waals surface area (Å²) in [5.41, 5.74) is 1.09.